The van der Waals surface area contributed by atoms with Gasteiger partial charge in [-0.3, -0.25) is 4.90 Å². The van der Waals surface area contributed by atoms with Crippen molar-refractivity contribution in [2.45, 2.75) is 19.5 Å². The molecular formula is C14H21ClN2O2. The van der Waals surface area contributed by atoms with Crippen LogP contribution in [0.3, 0.4) is 0 Å². The normalized spacial score (nSPS) is 19.6. The molecule has 1 fully saturated rings. The Hall–Kier alpha value is -1.10. The lowest BCUT2D eigenvalue weighted by atomic mass is 10.1. The van der Waals surface area contributed by atoms with E-state index in [4.69, 9.17) is 0 Å². The summed E-state index contributed by atoms with van der Waals surface area (Å²) >= 11 is 0. The zero-order valence-corrected chi connectivity index (χ0v) is 12.2. The van der Waals surface area contributed by atoms with Crippen LogP contribution in [0.25, 0.3) is 0 Å². The van der Waals surface area contributed by atoms with Gasteiger partial charge in [0.2, 0.25) is 0 Å². The molecule has 0 unspecified atom stereocenters. The number of nitrogens with zero attached hydrogens (tertiary/aromatic N) is 1. The molecule has 0 saturated carbocycles. The topological polar surface area (TPSA) is 41.6 Å². The van der Waals surface area contributed by atoms with Crippen molar-refractivity contribution in [1.82, 2.24) is 10.2 Å². The molecule has 0 aliphatic carbocycles. The van der Waals surface area contributed by atoms with Crippen molar-refractivity contribution in [3.63, 3.8) is 0 Å². The number of hydrogen-bond donors (Lipinski definition) is 1. The number of halogens is 1. The molecule has 1 aromatic carbocycles. The minimum absolute atomic E-state index is 0. The molecule has 4 nitrogen and oxygen atoms in total. The van der Waals surface area contributed by atoms with Gasteiger partial charge in [0.1, 0.15) is 0 Å². The molecule has 1 atom stereocenters. The van der Waals surface area contributed by atoms with Crippen LogP contribution in [-0.2, 0) is 11.3 Å². The van der Waals surface area contributed by atoms with Crippen molar-refractivity contribution in [2.24, 2.45) is 0 Å². The molecule has 0 radical (unpaired) electrons. The Labute approximate surface area is 120 Å². The largest absolute Gasteiger partial charge is 0.465 e. The van der Waals surface area contributed by atoms with Crippen molar-refractivity contribution >= 4 is 18.4 Å². The predicted molar refractivity (Wildman–Crippen MR) is 77.8 cm³/mol. The van der Waals surface area contributed by atoms with Gasteiger partial charge >= 0.3 is 5.97 Å². The molecule has 2 rings (SSSR count). The number of piperazine rings is 1. The Morgan fingerprint density at radius 2 is 2.11 bits per heavy atom. The van der Waals surface area contributed by atoms with Gasteiger partial charge in [0.25, 0.3) is 0 Å². The standard InChI is InChI=1S/C14H20N2O2.ClH/c1-11-9-16(8-7-15-11)10-12-3-5-13(6-4-12)14(17)18-2;/h3-6,11,15H,7-10H2,1-2H3;1H/t11-;/m1./s1. The fraction of sp³-hybridized carbons (Fsp3) is 0.500. The van der Waals surface area contributed by atoms with Crippen LogP contribution in [0.5, 0.6) is 0 Å². The highest BCUT2D eigenvalue weighted by atomic mass is 35.5. The van der Waals surface area contributed by atoms with Crippen molar-refractivity contribution in [2.75, 3.05) is 26.7 Å². The molecule has 0 amide bonds. The monoisotopic (exact) mass is 284 g/mol. The van der Waals surface area contributed by atoms with E-state index in [1.165, 1.54) is 12.7 Å². The molecule has 0 bridgehead atoms. The summed E-state index contributed by atoms with van der Waals surface area (Å²) in [5.41, 5.74) is 1.84. The Morgan fingerprint density at radius 3 is 2.68 bits per heavy atom. The Bertz CT molecular complexity index is 408. The number of nitrogens with one attached hydrogen (secondary N) is 1. The number of carbonyl (C=O) groups excluding carboxylic acids is 1. The fourth-order valence-corrected chi connectivity index (χ4v) is 2.28. The molecule has 0 spiro atoms. The number of carbonyl (C=O) groups is 1. The second-order valence-corrected chi connectivity index (χ2v) is 4.78. The molecule has 1 saturated heterocycles. The third-order valence-corrected chi connectivity index (χ3v) is 3.23. The number of benzene rings is 1. The van der Waals surface area contributed by atoms with Gasteiger partial charge < -0.3 is 10.1 Å². The summed E-state index contributed by atoms with van der Waals surface area (Å²) in [4.78, 5) is 13.7. The first kappa shape index (κ1) is 16.0. The summed E-state index contributed by atoms with van der Waals surface area (Å²) in [6.45, 7) is 6.32. The summed E-state index contributed by atoms with van der Waals surface area (Å²) in [6, 6.07) is 8.20. The lowest BCUT2D eigenvalue weighted by Crippen LogP contribution is -2.48. The van der Waals surface area contributed by atoms with Crippen molar-refractivity contribution in [3.05, 3.63) is 35.4 Å². The summed E-state index contributed by atoms with van der Waals surface area (Å²) < 4.78 is 4.68. The number of ether oxygens (including phenoxy) is 1. The summed E-state index contributed by atoms with van der Waals surface area (Å²) in [5.74, 6) is -0.280. The van der Waals surface area contributed by atoms with Crippen molar-refractivity contribution in [3.8, 4) is 0 Å². The van der Waals surface area contributed by atoms with Gasteiger partial charge in [0.15, 0.2) is 0 Å². The van der Waals surface area contributed by atoms with E-state index in [0.717, 1.165) is 26.2 Å². The third kappa shape index (κ3) is 4.49. The molecule has 1 heterocycles. The second kappa shape index (κ2) is 7.48. The number of rotatable bonds is 3. The first-order chi connectivity index (χ1) is 8.69. The van der Waals surface area contributed by atoms with Crippen LogP contribution in [0.15, 0.2) is 24.3 Å². The Kier molecular flexibility index (Phi) is 6.28. The van der Waals surface area contributed by atoms with Crippen LogP contribution in [0.4, 0.5) is 0 Å². The quantitative estimate of drug-likeness (QED) is 0.858. The first-order valence-corrected chi connectivity index (χ1v) is 6.32. The molecule has 1 aromatic rings. The number of esters is 1. The summed E-state index contributed by atoms with van der Waals surface area (Å²) in [5, 5.41) is 3.43. The van der Waals surface area contributed by atoms with Gasteiger partial charge in [-0.25, -0.2) is 4.79 Å². The van der Waals surface area contributed by atoms with E-state index in [1.54, 1.807) is 0 Å². The third-order valence-electron chi connectivity index (χ3n) is 3.23. The average molecular weight is 285 g/mol. The van der Waals surface area contributed by atoms with Crippen molar-refractivity contribution in [1.29, 1.82) is 0 Å². The van der Waals surface area contributed by atoms with E-state index < -0.39 is 0 Å². The molecule has 1 aliphatic heterocycles. The summed E-state index contributed by atoms with van der Waals surface area (Å²) in [7, 11) is 1.40. The minimum atomic E-state index is -0.280. The average Bonchev–Trinajstić information content (AvgIpc) is 2.39. The Morgan fingerprint density at radius 1 is 1.42 bits per heavy atom. The lowest BCUT2D eigenvalue weighted by Gasteiger charge is -2.31. The van der Waals surface area contributed by atoms with Gasteiger partial charge in [0.05, 0.1) is 12.7 Å². The van der Waals surface area contributed by atoms with Crippen LogP contribution in [0, 0.1) is 0 Å². The number of methoxy groups -OCH3 is 1. The molecule has 0 aromatic heterocycles. The summed E-state index contributed by atoms with van der Waals surface area (Å²) in [6.07, 6.45) is 0. The fourth-order valence-electron chi connectivity index (χ4n) is 2.28. The molecule has 1 aliphatic rings. The van der Waals surface area contributed by atoms with E-state index in [0.29, 0.717) is 11.6 Å². The van der Waals surface area contributed by atoms with Gasteiger partial charge in [-0.15, -0.1) is 12.4 Å². The molecule has 106 valence electrons. The lowest BCUT2D eigenvalue weighted by molar-refractivity contribution is 0.0600. The van der Waals surface area contributed by atoms with Gasteiger partial charge in [-0.1, -0.05) is 12.1 Å². The number of hydrogen-bond acceptors (Lipinski definition) is 4. The van der Waals surface area contributed by atoms with E-state index in [-0.39, 0.29) is 18.4 Å². The first-order valence-electron chi connectivity index (χ1n) is 6.32. The van der Waals surface area contributed by atoms with E-state index in [9.17, 15) is 4.79 Å². The van der Waals surface area contributed by atoms with E-state index in [1.807, 2.05) is 24.3 Å². The van der Waals surface area contributed by atoms with Gasteiger partial charge in [0, 0.05) is 32.2 Å². The highest BCUT2D eigenvalue weighted by Gasteiger charge is 2.15. The van der Waals surface area contributed by atoms with Gasteiger partial charge in [-0.05, 0) is 24.6 Å². The van der Waals surface area contributed by atoms with Gasteiger partial charge in [-0.2, -0.15) is 0 Å². The molecule has 5 heteroatoms. The van der Waals surface area contributed by atoms with Crippen LogP contribution in [0.1, 0.15) is 22.8 Å². The SMILES string of the molecule is COC(=O)c1ccc(CN2CCN[C@H](C)C2)cc1.Cl. The zero-order chi connectivity index (χ0) is 13.0. The van der Waals surface area contributed by atoms with Crippen LogP contribution < -0.4 is 5.32 Å². The highest BCUT2D eigenvalue weighted by Crippen LogP contribution is 2.10. The highest BCUT2D eigenvalue weighted by molar-refractivity contribution is 5.89. The van der Waals surface area contributed by atoms with Crippen LogP contribution in [0.2, 0.25) is 0 Å². The van der Waals surface area contributed by atoms with Crippen LogP contribution in [-0.4, -0.2) is 43.7 Å². The van der Waals surface area contributed by atoms with E-state index in [2.05, 4.69) is 21.9 Å². The molecule has 19 heavy (non-hydrogen) atoms. The molecule has 1 N–H and O–H groups in total. The maximum absolute atomic E-state index is 11.3. The maximum atomic E-state index is 11.3. The van der Waals surface area contributed by atoms with E-state index >= 15 is 0 Å². The maximum Gasteiger partial charge on any atom is 0.337 e. The smallest absolute Gasteiger partial charge is 0.337 e. The second-order valence-electron chi connectivity index (χ2n) is 4.78. The predicted octanol–water partition coefficient (Wildman–Crippen LogP) is 1.69. The Balaban J connectivity index is 0.00000180. The van der Waals surface area contributed by atoms with Crippen molar-refractivity contribution < 1.29 is 9.53 Å². The van der Waals surface area contributed by atoms with Crippen LogP contribution >= 0.6 is 12.4 Å². The minimum Gasteiger partial charge on any atom is -0.465 e. The molecular weight excluding hydrogens is 264 g/mol. The zero-order valence-electron chi connectivity index (χ0n) is 11.4.